The third-order valence-electron chi connectivity index (χ3n) is 6.75. The number of halogens is 2. The van der Waals surface area contributed by atoms with Crippen molar-refractivity contribution in [3.63, 3.8) is 0 Å². The minimum absolute atomic E-state index is 0.0523. The molecule has 0 fully saturated rings. The first-order valence-corrected chi connectivity index (χ1v) is 15.8. The van der Waals surface area contributed by atoms with Crippen LogP contribution in [0.5, 0.6) is 11.5 Å². The minimum Gasteiger partial charge on any atom is -0.493 e. The molecule has 0 aromatic heterocycles. The van der Waals surface area contributed by atoms with Crippen LogP contribution in [0.3, 0.4) is 0 Å². The summed E-state index contributed by atoms with van der Waals surface area (Å²) in [5.41, 5.74) is 1.73. The summed E-state index contributed by atoms with van der Waals surface area (Å²) in [7, 11) is -1.45. The van der Waals surface area contributed by atoms with E-state index in [1.165, 1.54) is 37.3 Å². The number of sulfonamides is 1. The van der Waals surface area contributed by atoms with Crippen molar-refractivity contribution < 1.29 is 27.5 Å². The summed E-state index contributed by atoms with van der Waals surface area (Å²) in [6.45, 7) is 7.15. The van der Waals surface area contributed by atoms with E-state index in [0.29, 0.717) is 27.9 Å². The molecule has 3 aromatic carbocycles. The number of anilines is 1. The molecule has 0 spiro atoms. The lowest BCUT2D eigenvalue weighted by Crippen LogP contribution is -2.51. The van der Waals surface area contributed by atoms with Crippen LogP contribution in [0, 0.1) is 12.8 Å². The van der Waals surface area contributed by atoms with Crippen molar-refractivity contribution in [2.24, 2.45) is 5.92 Å². The van der Waals surface area contributed by atoms with E-state index in [-0.39, 0.29) is 34.7 Å². The lowest BCUT2D eigenvalue weighted by Gasteiger charge is -2.32. The monoisotopic (exact) mass is 649 g/mol. The molecule has 0 radical (unpaired) electrons. The van der Waals surface area contributed by atoms with E-state index in [0.717, 1.165) is 9.87 Å². The van der Waals surface area contributed by atoms with Crippen LogP contribution >= 0.6 is 23.2 Å². The Morgan fingerprint density at radius 1 is 0.907 bits per heavy atom. The molecule has 9 nitrogen and oxygen atoms in total. The van der Waals surface area contributed by atoms with E-state index < -0.39 is 28.5 Å². The molecular weight excluding hydrogens is 613 g/mol. The molecule has 12 heteroatoms. The molecular formula is C31H37Cl2N3O6S. The first-order chi connectivity index (χ1) is 20.3. The Balaban J connectivity index is 2.07. The second-order valence-electron chi connectivity index (χ2n) is 10.4. The molecule has 0 aliphatic heterocycles. The Hall–Kier alpha value is -3.47. The molecule has 0 aliphatic carbocycles. The van der Waals surface area contributed by atoms with Gasteiger partial charge in [-0.15, -0.1) is 0 Å². The molecule has 0 bridgehead atoms. The Bertz CT molecular complexity index is 1550. The highest BCUT2D eigenvalue weighted by atomic mass is 35.5. The van der Waals surface area contributed by atoms with Gasteiger partial charge in [-0.3, -0.25) is 13.9 Å². The van der Waals surface area contributed by atoms with Crippen molar-refractivity contribution in [2.45, 2.75) is 45.2 Å². The summed E-state index contributed by atoms with van der Waals surface area (Å²) in [6, 6.07) is 14.9. The second-order valence-corrected chi connectivity index (χ2v) is 13.1. The Kier molecular flexibility index (Phi) is 11.7. The Labute approximate surface area is 263 Å². The fourth-order valence-corrected chi connectivity index (χ4v) is 6.11. The van der Waals surface area contributed by atoms with Gasteiger partial charge < -0.3 is 19.7 Å². The van der Waals surface area contributed by atoms with Gasteiger partial charge in [0.15, 0.2) is 11.5 Å². The maximum atomic E-state index is 14.1. The average molecular weight is 651 g/mol. The highest BCUT2D eigenvalue weighted by Gasteiger charge is 2.33. The fourth-order valence-electron chi connectivity index (χ4n) is 4.21. The molecule has 0 aliphatic rings. The van der Waals surface area contributed by atoms with Gasteiger partial charge in [0, 0.05) is 29.2 Å². The molecule has 0 saturated carbocycles. The molecule has 232 valence electrons. The SMILES string of the molecule is COc1ccc(S(=O)(=O)N(CC(=O)N(Cc2ccc(Cl)cc2Cl)[C@H](C)C(=O)NCC(C)C)c2ccc(C)cc2)cc1OC. The molecule has 1 N–H and O–H groups in total. The van der Waals surface area contributed by atoms with Gasteiger partial charge in [0.05, 0.1) is 24.8 Å². The van der Waals surface area contributed by atoms with Gasteiger partial charge in [0.2, 0.25) is 11.8 Å². The van der Waals surface area contributed by atoms with E-state index in [1.54, 1.807) is 49.4 Å². The lowest BCUT2D eigenvalue weighted by atomic mass is 10.1. The summed E-state index contributed by atoms with van der Waals surface area (Å²) >= 11 is 12.5. The molecule has 0 unspecified atom stereocenters. The van der Waals surface area contributed by atoms with E-state index in [2.05, 4.69) is 5.32 Å². The van der Waals surface area contributed by atoms with Crippen LogP contribution in [0.1, 0.15) is 31.9 Å². The van der Waals surface area contributed by atoms with Gasteiger partial charge in [-0.2, -0.15) is 0 Å². The van der Waals surface area contributed by atoms with Gasteiger partial charge in [0.1, 0.15) is 12.6 Å². The fraction of sp³-hybridized carbons (Fsp3) is 0.355. The van der Waals surface area contributed by atoms with Crippen molar-refractivity contribution in [3.8, 4) is 11.5 Å². The van der Waals surface area contributed by atoms with Gasteiger partial charge in [-0.25, -0.2) is 8.42 Å². The topological polar surface area (TPSA) is 105 Å². The maximum absolute atomic E-state index is 14.1. The van der Waals surface area contributed by atoms with Gasteiger partial charge in [0.25, 0.3) is 10.0 Å². The molecule has 3 aromatic rings. The zero-order valence-corrected chi connectivity index (χ0v) is 27.4. The second kappa shape index (κ2) is 14.8. The first-order valence-electron chi connectivity index (χ1n) is 13.6. The van der Waals surface area contributed by atoms with E-state index >= 15 is 0 Å². The van der Waals surface area contributed by atoms with Crippen LogP contribution in [0.4, 0.5) is 5.69 Å². The van der Waals surface area contributed by atoms with Crippen LogP contribution in [-0.2, 0) is 26.2 Å². The highest BCUT2D eigenvalue weighted by Crippen LogP contribution is 2.32. The first kappa shape index (κ1) is 34.0. The largest absolute Gasteiger partial charge is 0.493 e. The summed E-state index contributed by atoms with van der Waals surface area (Å²) in [6.07, 6.45) is 0. The van der Waals surface area contributed by atoms with Crippen molar-refractivity contribution in [3.05, 3.63) is 81.8 Å². The quantitative estimate of drug-likeness (QED) is 0.255. The summed E-state index contributed by atoms with van der Waals surface area (Å²) in [5.74, 6) is -0.228. The Morgan fingerprint density at radius 3 is 2.14 bits per heavy atom. The Morgan fingerprint density at radius 2 is 1.56 bits per heavy atom. The zero-order valence-electron chi connectivity index (χ0n) is 25.1. The number of nitrogens with zero attached hydrogens (tertiary/aromatic N) is 2. The van der Waals surface area contributed by atoms with Gasteiger partial charge >= 0.3 is 0 Å². The molecule has 1 atom stereocenters. The number of aryl methyl sites for hydroxylation is 1. The third kappa shape index (κ3) is 8.55. The number of rotatable bonds is 13. The average Bonchev–Trinajstić information content (AvgIpc) is 2.97. The maximum Gasteiger partial charge on any atom is 0.264 e. The highest BCUT2D eigenvalue weighted by molar-refractivity contribution is 7.92. The summed E-state index contributed by atoms with van der Waals surface area (Å²) < 4.78 is 39.8. The van der Waals surface area contributed by atoms with Crippen LogP contribution in [0.2, 0.25) is 10.0 Å². The van der Waals surface area contributed by atoms with E-state index in [9.17, 15) is 18.0 Å². The molecule has 0 heterocycles. The van der Waals surface area contributed by atoms with Crippen molar-refractivity contribution >= 4 is 50.7 Å². The van der Waals surface area contributed by atoms with Gasteiger partial charge in [-0.1, -0.05) is 60.8 Å². The number of amides is 2. The number of benzene rings is 3. The van der Waals surface area contributed by atoms with Gasteiger partial charge in [-0.05, 0) is 61.7 Å². The number of methoxy groups -OCH3 is 2. The normalized spacial score (nSPS) is 12.0. The molecule has 0 saturated heterocycles. The zero-order chi connectivity index (χ0) is 31.9. The smallest absolute Gasteiger partial charge is 0.264 e. The minimum atomic E-state index is -4.30. The lowest BCUT2D eigenvalue weighted by molar-refractivity contribution is -0.139. The van der Waals surface area contributed by atoms with Crippen molar-refractivity contribution in [1.82, 2.24) is 10.2 Å². The van der Waals surface area contributed by atoms with Crippen molar-refractivity contribution in [1.29, 1.82) is 0 Å². The number of carbonyl (C=O) groups is 2. The summed E-state index contributed by atoms with van der Waals surface area (Å²) in [4.78, 5) is 28.4. The number of carbonyl (C=O) groups excluding carboxylic acids is 2. The van der Waals surface area contributed by atoms with Crippen LogP contribution in [0.25, 0.3) is 0 Å². The van der Waals surface area contributed by atoms with Crippen molar-refractivity contribution in [2.75, 3.05) is 31.6 Å². The predicted octanol–water partition coefficient (Wildman–Crippen LogP) is 5.70. The molecule has 43 heavy (non-hydrogen) atoms. The molecule has 3 rings (SSSR count). The third-order valence-corrected chi connectivity index (χ3v) is 9.11. The van der Waals surface area contributed by atoms with E-state index in [1.807, 2.05) is 20.8 Å². The van der Waals surface area contributed by atoms with Crippen LogP contribution in [-0.4, -0.2) is 58.5 Å². The van der Waals surface area contributed by atoms with Crippen LogP contribution < -0.4 is 19.1 Å². The predicted molar refractivity (Wildman–Crippen MR) is 170 cm³/mol. The summed E-state index contributed by atoms with van der Waals surface area (Å²) in [5, 5.41) is 3.58. The standard InChI is InChI=1S/C31H37Cl2N3O6S/c1-20(2)17-34-31(38)22(4)35(18-23-9-10-24(32)15-27(23)33)30(37)19-36(25-11-7-21(3)8-12-25)43(39,40)26-13-14-28(41-5)29(16-26)42-6/h7-16,20,22H,17-19H2,1-6H3,(H,34,38)/t22-/m1/s1. The number of nitrogens with one attached hydrogen (secondary N) is 1. The number of hydrogen-bond acceptors (Lipinski definition) is 6. The number of ether oxygens (including phenoxy) is 2. The van der Waals surface area contributed by atoms with Crippen LogP contribution in [0.15, 0.2) is 65.6 Å². The number of hydrogen-bond donors (Lipinski definition) is 1. The molecule has 2 amide bonds. The van der Waals surface area contributed by atoms with E-state index in [4.69, 9.17) is 32.7 Å².